The molecule has 2 nitrogen and oxygen atoms in total. The molecule has 0 aliphatic carbocycles. The predicted molar refractivity (Wildman–Crippen MR) is 55.9 cm³/mol. The van der Waals surface area contributed by atoms with E-state index in [0.29, 0.717) is 13.0 Å². The monoisotopic (exact) mass is 233 g/mol. The molecule has 1 rings (SSSR count). The van der Waals surface area contributed by atoms with Crippen molar-refractivity contribution in [3.8, 4) is 0 Å². The van der Waals surface area contributed by atoms with Crippen molar-refractivity contribution < 1.29 is 17.9 Å². The van der Waals surface area contributed by atoms with Gasteiger partial charge in [0.15, 0.2) is 17.5 Å². The Morgan fingerprint density at radius 2 is 1.94 bits per heavy atom. The standard InChI is InChI=1S/C11H14F3NO/c1-7(5-6-16-2)15-9-4-3-8(12)10(13)11(9)14/h3-4,7,15H,5-6H2,1-2H3. The summed E-state index contributed by atoms with van der Waals surface area (Å²) < 4.78 is 43.6. The Balaban J connectivity index is 2.70. The van der Waals surface area contributed by atoms with Gasteiger partial charge in [-0.15, -0.1) is 0 Å². The molecule has 0 aliphatic rings. The lowest BCUT2D eigenvalue weighted by Crippen LogP contribution is -2.18. The van der Waals surface area contributed by atoms with E-state index in [1.54, 1.807) is 14.0 Å². The van der Waals surface area contributed by atoms with Crippen molar-refractivity contribution >= 4 is 5.69 Å². The van der Waals surface area contributed by atoms with Crippen LogP contribution in [0, 0.1) is 17.5 Å². The number of methoxy groups -OCH3 is 1. The summed E-state index contributed by atoms with van der Waals surface area (Å²) in [5, 5.41) is 2.75. The van der Waals surface area contributed by atoms with Gasteiger partial charge in [-0.05, 0) is 25.5 Å². The number of halogens is 3. The molecule has 1 unspecified atom stereocenters. The highest BCUT2D eigenvalue weighted by Gasteiger charge is 2.14. The van der Waals surface area contributed by atoms with Crippen molar-refractivity contribution in [2.24, 2.45) is 0 Å². The van der Waals surface area contributed by atoms with E-state index in [1.807, 2.05) is 0 Å². The molecule has 16 heavy (non-hydrogen) atoms. The van der Waals surface area contributed by atoms with E-state index in [-0.39, 0.29) is 11.7 Å². The predicted octanol–water partition coefficient (Wildman–Crippen LogP) is 2.94. The van der Waals surface area contributed by atoms with Gasteiger partial charge in [-0.3, -0.25) is 0 Å². The molecule has 0 aromatic heterocycles. The average molecular weight is 233 g/mol. The van der Waals surface area contributed by atoms with Crippen LogP contribution in [0.4, 0.5) is 18.9 Å². The topological polar surface area (TPSA) is 21.3 Å². The summed E-state index contributed by atoms with van der Waals surface area (Å²) in [6, 6.07) is 1.99. The van der Waals surface area contributed by atoms with Crippen molar-refractivity contribution in [1.29, 1.82) is 0 Å². The molecule has 0 spiro atoms. The second-order valence-electron chi connectivity index (χ2n) is 3.55. The number of benzene rings is 1. The summed E-state index contributed by atoms with van der Waals surface area (Å²) in [6.45, 7) is 2.32. The molecule has 0 amide bonds. The van der Waals surface area contributed by atoms with Gasteiger partial charge in [0.05, 0.1) is 5.69 Å². The molecule has 0 heterocycles. The molecule has 1 N–H and O–H groups in total. The molecule has 1 aromatic rings. The zero-order valence-electron chi connectivity index (χ0n) is 9.19. The number of nitrogens with one attached hydrogen (secondary N) is 1. The Hall–Kier alpha value is -1.23. The van der Waals surface area contributed by atoms with E-state index in [4.69, 9.17) is 4.74 Å². The van der Waals surface area contributed by atoms with Crippen molar-refractivity contribution in [3.05, 3.63) is 29.6 Å². The molecule has 0 aliphatic heterocycles. The third-order valence-corrected chi connectivity index (χ3v) is 2.19. The first-order chi connectivity index (χ1) is 7.56. The summed E-state index contributed by atoms with van der Waals surface area (Å²) in [6.07, 6.45) is 0.648. The van der Waals surface area contributed by atoms with Gasteiger partial charge in [0.2, 0.25) is 0 Å². The van der Waals surface area contributed by atoms with Crippen LogP contribution in [0.1, 0.15) is 13.3 Å². The lowest BCUT2D eigenvalue weighted by molar-refractivity contribution is 0.191. The Kier molecular flexibility index (Phi) is 4.61. The number of hydrogen-bond acceptors (Lipinski definition) is 2. The molecular formula is C11H14F3NO. The van der Waals surface area contributed by atoms with Gasteiger partial charge in [-0.1, -0.05) is 0 Å². The lowest BCUT2D eigenvalue weighted by Gasteiger charge is -2.15. The van der Waals surface area contributed by atoms with Crippen molar-refractivity contribution in [2.75, 3.05) is 19.0 Å². The lowest BCUT2D eigenvalue weighted by atomic mass is 10.2. The van der Waals surface area contributed by atoms with Crippen LogP contribution in [0.3, 0.4) is 0 Å². The highest BCUT2D eigenvalue weighted by molar-refractivity contribution is 5.46. The number of ether oxygens (including phenoxy) is 1. The second kappa shape index (κ2) is 5.75. The van der Waals surface area contributed by atoms with Crippen LogP contribution in [0.5, 0.6) is 0 Å². The molecular weight excluding hydrogens is 219 g/mol. The van der Waals surface area contributed by atoms with Gasteiger partial charge in [-0.2, -0.15) is 0 Å². The van der Waals surface area contributed by atoms with Crippen molar-refractivity contribution in [3.63, 3.8) is 0 Å². The minimum absolute atomic E-state index is 0.0393. The van der Waals surface area contributed by atoms with Crippen LogP contribution in [0.15, 0.2) is 12.1 Å². The maximum atomic E-state index is 13.2. The third kappa shape index (κ3) is 3.13. The first-order valence-corrected chi connectivity index (χ1v) is 4.95. The highest BCUT2D eigenvalue weighted by Crippen LogP contribution is 2.20. The van der Waals surface area contributed by atoms with Crippen LogP contribution < -0.4 is 5.32 Å². The summed E-state index contributed by atoms with van der Waals surface area (Å²) in [7, 11) is 1.56. The molecule has 1 aromatic carbocycles. The van der Waals surface area contributed by atoms with Crippen LogP contribution in [0.25, 0.3) is 0 Å². The second-order valence-corrected chi connectivity index (χ2v) is 3.55. The summed E-state index contributed by atoms with van der Waals surface area (Å²) >= 11 is 0. The molecule has 90 valence electrons. The maximum absolute atomic E-state index is 13.2. The smallest absolute Gasteiger partial charge is 0.196 e. The van der Waals surface area contributed by atoms with Gasteiger partial charge in [0.25, 0.3) is 0 Å². The molecule has 1 atom stereocenters. The average Bonchev–Trinajstić information content (AvgIpc) is 2.27. The molecule has 0 bridgehead atoms. The Morgan fingerprint density at radius 3 is 2.56 bits per heavy atom. The van der Waals surface area contributed by atoms with Gasteiger partial charge in [-0.25, -0.2) is 13.2 Å². The van der Waals surface area contributed by atoms with Crippen molar-refractivity contribution in [2.45, 2.75) is 19.4 Å². The minimum atomic E-state index is -1.45. The van der Waals surface area contributed by atoms with Crippen LogP contribution in [-0.4, -0.2) is 19.8 Å². The summed E-state index contributed by atoms with van der Waals surface area (Å²) in [5.74, 6) is -3.83. The molecule has 0 saturated carbocycles. The quantitative estimate of drug-likeness (QED) is 0.789. The zero-order chi connectivity index (χ0) is 12.1. The van der Waals surface area contributed by atoms with E-state index >= 15 is 0 Å². The van der Waals surface area contributed by atoms with Crippen molar-refractivity contribution in [1.82, 2.24) is 0 Å². The van der Waals surface area contributed by atoms with E-state index in [1.165, 1.54) is 6.07 Å². The van der Waals surface area contributed by atoms with E-state index in [0.717, 1.165) is 6.07 Å². The first kappa shape index (κ1) is 12.8. The van der Waals surface area contributed by atoms with E-state index in [9.17, 15) is 13.2 Å². The Bertz CT molecular complexity index is 357. The zero-order valence-corrected chi connectivity index (χ0v) is 9.19. The van der Waals surface area contributed by atoms with Gasteiger partial charge >= 0.3 is 0 Å². The van der Waals surface area contributed by atoms with E-state index in [2.05, 4.69) is 5.32 Å². The Morgan fingerprint density at radius 1 is 1.25 bits per heavy atom. The number of anilines is 1. The fraction of sp³-hybridized carbons (Fsp3) is 0.455. The van der Waals surface area contributed by atoms with Gasteiger partial charge in [0.1, 0.15) is 0 Å². The minimum Gasteiger partial charge on any atom is -0.385 e. The molecule has 0 radical (unpaired) electrons. The Labute approximate surface area is 92.4 Å². The largest absolute Gasteiger partial charge is 0.385 e. The molecule has 0 fully saturated rings. The molecule has 0 saturated heterocycles. The SMILES string of the molecule is COCCC(C)Nc1ccc(F)c(F)c1F. The highest BCUT2D eigenvalue weighted by atomic mass is 19.2. The summed E-state index contributed by atoms with van der Waals surface area (Å²) in [4.78, 5) is 0. The normalized spacial score (nSPS) is 12.6. The van der Waals surface area contributed by atoms with E-state index < -0.39 is 17.5 Å². The molecule has 5 heteroatoms. The summed E-state index contributed by atoms with van der Waals surface area (Å²) in [5.41, 5.74) is -0.0393. The van der Waals surface area contributed by atoms with Gasteiger partial charge < -0.3 is 10.1 Å². The number of rotatable bonds is 5. The maximum Gasteiger partial charge on any atom is 0.196 e. The fourth-order valence-electron chi connectivity index (χ4n) is 1.27. The fourth-order valence-corrected chi connectivity index (χ4v) is 1.27. The number of hydrogen-bond donors (Lipinski definition) is 1. The first-order valence-electron chi connectivity index (χ1n) is 4.95. The van der Waals surface area contributed by atoms with Crippen LogP contribution in [-0.2, 0) is 4.74 Å². The van der Waals surface area contributed by atoms with Crippen LogP contribution >= 0.6 is 0 Å². The van der Waals surface area contributed by atoms with Crippen LogP contribution in [0.2, 0.25) is 0 Å². The third-order valence-electron chi connectivity index (χ3n) is 2.19. The van der Waals surface area contributed by atoms with Gasteiger partial charge in [0, 0.05) is 19.8 Å².